The molecule has 0 aliphatic heterocycles. The van der Waals surface area contributed by atoms with Crippen molar-refractivity contribution in [3.63, 3.8) is 0 Å². The summed E-state index contributed by atoms with van der Waals surface area (Å²) < 4.78 is 0. The zero-order valence-electron chi connectivity index (χ0n) is 12.9. The molecule has 21 heavy (non-hydrogen) atoms. The standard InChI is InChI=1S/C15H23N3O3/c1-5-9(2)17-14(19)10(3)18(4)13-7-6-11(15(20)21)8-12(13)16/h6-10H,5,16H2,1-4H3,(H,17,19)(H,20,21). The van der Waals surface area contributed by atoms with Gasteiger partial charge in [-0.05, 0) is 38.5 Å². The predicted molar refractivity (Wildman–Crippen MR) is 83.6 cm³/mol. The Morgan fingerprint density at radius 2 is 2.00 bits per heavy atom. The Morgan fingerprint density at radius 3 is 2.48 bits per heavy atom. The number of likely N-dealkylation sites (N-methyl/N-ethyl adjacent to an activating group) is 1. The Labute approximate surface area is 124 Å². The van der Waals surface area contributed by atoms with E-state index >= 15 is 0 Å². The molecule has 2 unspecified atom stereocenters. The number of nitrogen functional groups attached to an aromatic ring is 1. The quantitative estimate of drug-likeness (QED) is 0.694. The lowest BCUT2D eigenvalue weighted by Gasteiger charge is -2.28. The van der Waals surface area contributed by atoms with Crippen molar-refractivity contribution >= 4 is 23.3 Å². The molecule has 1 aromatic carbocycles. The highest BCUT2D eigenvalue weighted by molar-refractivity contribution is 5.91. The van der Waals surface area contributed by atoms with Crippen LogP contribution in [0.2, 0.25) is 0 Å². The van der Waals surface area contributed by atoms with Crippen LogP contribution in [-0.4, -0.2) is 36.1 Å². The van der Waals surface area contributed by atoms with E-state index in [1.165, 1.54) is 12.1 Å². The van der Waals surface area contributed by atoms with Gasteiger partial charge in [0.25, 0.3) is 0 Å². The summed E-state index contributed by atoms with van der Waals surface area (Å²) in [6.07, 6.45) is 0.859. The number of hydrogen-bond donors (Lipinski definition) is 3. The second-order valence-electron chi connectivity index (χ2n) is 5.18. The second kappa shape index (κ2) is 6.97. The van der Waals surface area contributed by atoms with Crippen molar-refractivity contribution < 1.29 is 14.7 Å². The fourth-order valence-electron chi connectivity index (χ4n) is 1.86. The van der Waals surface area contributed by atoms with Crippen molar-refractivity contribution in [1.29, 1.82) is 0 Å². The average Bonchev–Trinajstić information content (AvgIpc) is 2.45. The normalized spacial score (nSPS) is 13.3. The summed E-state index contributed by atoms with van der Waals surface area (Å²) in [5, 5.41) is 11.8. The summed E-state index contributed by atoms with van der Waals surface area (Å²) in [4.78, 5) is 24.8. The minimum Gasteiger partial charge on any atom is -0.478 e. The monoisotopic (exact) mass is 293 g/mol. The molecule has 0 radical (unpaired) electrons. The first-order valence-corrected chi connectivity index (χ1v) is 6.93. The molecule has 0 bridgehead atoms. The van der Waals surface area contributed by atoms with Crippen molar-refractivity contribution in [2.45, 2.75) is 39.3 Å². The molecule has 2 atom stereocenters. The van der Waals surface area contributed by atoms with Crippen LogP contribution >= 0.6 is 0 Å². The molecule has 1 rings (SSSR count). The molecule has 0 heterocycles. The van der Waals surface area contributed by atoms with E-state index in [-0.39, 0.29) is 17.5 Å². The number of benzene rings is 1. The molecule has 0 saturated carbocycles. The van der Waals surface area contributed by atoms with Gasteiger partial charge in [0.15, 0.2) is 0 Å². The number of aromatic carboxylic acids is 1. The molecule has 6 nitrogen and oxygen atoms in total. The highest BCUT2D eigenvalue weighted by Crippen LogP contribution is 2.25. The lowest BCUT2D eigenvalue weighted by Crippen LogP contribution is -2.46. The molecule has 0 aromatic heterocycles. The van der Waals surface area contributed by atoms with Gasteiger partial charge in [0.05, 0.1) is 16.9 Å². The summed E-state index contributed by atoms with van der Waals surface area (Å²) in [6, 6.07) is 4.19. The van der Waals surface area contributed by atoms with Crippen LogP contribution < -0.4 is 16.0 Å². The minimum atomic E-state index is -1.03. The van der Waals surface area contributed by atoms with E-state index in [9.17, 15) is 9.59 Å². The zero-order chi connectivity index (χ0) is 16.2. The zero-order valence-corrected chi connectivity index (χ0v) is 12.9. The number of carbonyl (C=O) groups excluding carboxylic acids is 1. The van der Waals surface area contributed by atoms with E-state index in [0.717, 1.165) is 6.42 Å². The smallest absolute Gasteiger partial charge is 0.335 e. The molecule has 0 aliphatic carbocycles. The van der Waals surface area contributed by atoms with E-state index in [1.54, 1.807) is 24.9 Å². The maximum absolute atomic E-state index is 12.1. The maximum Gasteiger partial charge on any atom is 0.335 e. The third-order valence-corrected chi connectivity index (χ3v) is 3.62. The van der Waals surface area contributed by atoms with Crippen LogP contribution in [0.25, 0.3) is 0 Å². The first-order valence-electron chi connectivity index (χ1n) is 6.93. The fourth-order valence-corrected chi connectivity index (χ4v) is 1.86. The van der Waals surface area contributed by atoms with Gasteiger partial charge < -0.3 is 21.1 Å². The van der Waals surface area contributed by atoms with Crippen molar-refractivity contribution in [1.82, 2.24) is 5.32 Å². The van der Waals surface area contributed by atoms with Crippen molar-refractivity contribution in [2.75, 3.05) is 17.7 Å². The van der Waals surface area contributed by atoms with Gasteiger partial charge in [-0.1, -0.05) is 6.92 Å². The number of carbonyl (C=O) groups is 2. The summed E-state index contributed by atoms with van der Waals surface area (Å²) >= 11 is 0. The number of nitrogens with one attached hydrogen (secondary N) is 1. The highest BCUT2D eigenvalue weighted by Gasteiger charge is 2.21. The van der Waals surface area contributed by atoms with Crippen molar-refractivity contribution in [3.8, 4) is 0 Å². The van der Waals surface area contributed by atoms with Crippen LogP contribution in [0.5, 0.6) is 0 Å². The molecular weight excluding hydrogens is 270 g/mol. The number of carboxylic acids is 1. The van der Waals surface area contributed by atoms with Crippen molar-refractivity contribution in [2.24, 2.45) is 0 Å². The largest absolute Gasteiger partial charge is 0.478 e. The number of nitrogens with two attached hydrogens (primary N) is 1. The van der Waals surface area contributed by atoms with Crippen LogP contribution in [0.15, 0.2) is 18.2 Å². The molecule has 116 valence electrons. The Bertz CT molecular complexity index is 531. The minimum absolute atomic E-state index is 0.0893. The summed E-state index contributed by atoms with van der Waals surface area (Å²) in [7, 11) is 1.76. The average molecular weight is 293 g/mol. The van der Waals surface area contributed by atoms with Crippen molar-refractivity contribution in [3.05, 3.63) is 23.8 Å². The number of nitrogens with zero attached hydrogens (tertiary/aromatic N) is 1. The number of carboxylic acid groups (broad SMARTS) is 1. The van der Waals surface area contributed by atoms with E-state index in [4.69, 9.17) is 10.8 Å². The third kappa shape index (κ3) is 4.11. The first kappa shape index (κ1) is 16.8. The van der Waals surface area contributed by atoms with E-state index in [1.807, 2.05) is 13.8 Å². The molecule has 6 heteroatoms. The number of hydrogen-bond acceptors (Lipinski definition) is 4. The number of amides is 1. The van der Waals surface area contributed by atoms with Gasteiger partial charge in [-0.3, -0.25) is 4.79 Å². The van der Waals surface area contributed by atoms with Gasteiger partial charge in [-0.15, -0.1) is 0 Å². The van der Waals surface area contributed by atoms with Gasteiger partial charge in [0, 0.05) is 13.1 Å². The maximum atomic E-state index is 12.1. The molecule has 0 saturated heterocycles. The Balaban J connectivity index is 2.90. The number of rotatable bonds is 6. The van der Waals surface area contributed by atoms with E-state index in [2.05, 4.69) is 5.32 Å². The SMILES string of the molecule is CCC(C)NC(=O)C(C)N(C)c1ccc(C(=O)O)cc1N. The molecule has 0 spiro atoms. The van der Waals surface area contributed by atoms with Crippen LogP contribution in [0.1, 0.15) is 37.6 Å². The van der Waals surface area contributed by atoms with Crippen LogP contribution in [0, 0.1) is 0 Å². The molecule has 0 aliphatic rings. The van der Waals surface area contributed by atoms with Gasteiger partial charge in [-0.25, -0.2) is 4.79 Å². The van der Waals surface area contributed by atoms with Crippen LogP contribution in [-0.2, 0) is 4.79 Å². The topological polar surface area (TPSA) is 95.7 Å². The Morgan fingerprint density at radius 1 is 1.38 bits per heavy atom. The van der Waals surface area contributed by atoms with Crippen LogP contribution in [0.4, 0.5) is 11.4 Å². The highest BCUT2D eigenvalue weighted by atomic mass is 16.4. The van der Waals surface area contributed by atoms with E-state index < -0.39 is 12.0 Å². The number of anilines is 2. The summed E-state index contributed by atoms with van der Waals surface area (Å²) in [6.45, 7) is 5.73. The molecule has 4 N–H and O–H groups in total. The lowest BCUT2D eigenvalue weighted by molar-refractivity contribution is -0.122. The first-order chi connectivity index (χ1) is 9.77. The fraction of sp³-hybridized carbons (Fsp3) is 0.467. The summed E-state index contributed by atoms with van der Waals surface area (Å²) in [5.41, 5.74) is 6.98. The van der Waals surface area contributed by atoms with Crippen LogP contribution in [0.3, 0.4) is 0 Å². The van der Waals surface area contributed by atoms with E-state index in [0.29, 0.717) is 11.4 Å². The Hall–Kier alpha value is -2.24. The lowest BCUT2D eigenvalue weighted by atomic mass is 10.1. The Kier molecular flexibility index (Phi) is 5.58. The molecule has 0 fully saturated rings. The van der Waals surface area contributed by atoms with Gasteiger partial charge in [0.2, 0.25) is 5.91 Å². The molecule has 1 aromatic rings. The third-order valence-electron chi connectivity index (χ3n) is 3.62. The van der Waals surface area contributed by atoms with Gasteiger partial charge in [-0.2, -0.15) is 0 Å². The molecule has 1 amide bonds. The summed E-state index contributed by atoms with van der Waals surface area (Å²) in [5.74, 6) is -1.12. The van der Waals surface area contributed by atoms with Gasteiger partial charge >= 0.3 is 5.97 Å². The predicted octanol–water partition coefficient (Wildman–Crippen LogP) is 1.71. The second-order valence-corrected chi connectivity index (χ2v) is 5.18. The van der Waals surface area contributed by atoms with Gasteiger partial charge in [0.1, 0.15) is 6.04 Å². The molecular formula is C15H23N3O3.